The normalized spacial score (nSPS) is 18.0. The average molecular weight is 365 g/mol. The Morgan fingerprint density at radius 3 is 2.00 bits per heavy atom. The van der Waals surface area contributed by atoms with E-state index in [2.05, 4.69) is 24.4 Å². The molecule has 152 valence electrons. The molecule has 3 nitrogen and oxygen atoms in total. The summed E-state index contributed by atoms with van der Waals surface area (Å²) in [5.74, 6) is 0. The van der Waals surface area contributed by atoms with Crippen LogP contribution in [-0.4, -0.2) is 22.4 Å². The van der Waals surface area contributed by atoms with Crippen LogP contribution in [0.5, 0.6) is 0 Å². The van der Waals surface area contributed by atoms with Gasteiger partial charge >= 0.3 is 0 Å². The molecule has 2 atom stereocenters. The number of unbranched alkanes of at least 4 members (excludes halogenated alkanes) is 12. The lowest BCUT2D eigenvalue weighted by Crippen LogP contribution is -2.40. The van der Waals surface area contributed by atoms with E-state index < -0.39 is 6.23 Å². The maximum Gasteiger partial charge on any atom is 0.125 e. The van der Waals surface area contributed by atoms with Gasteiger partial charge in [-0.2, -0.15) is 0 Å². The van der Waals surface area contributed by atoms with Crippen molar-refractivity contribution in [3.63, 3.8) is 0 Å². The Bertz CT molecular complexity index is 365. The molecule has 0 aliphatic carbocycles. The van der Waals surface area contributed by atoms with Gasteiger partial charge < -0.3 is 15.3 Å². The maximum absolute atomic E-state index is 9.69. The molecule has 0 amide bonds. The summed E-state index contributed by atoms with van der Waals surface area (Å²) in [6.45, 7) is 4.08. The Labute approximate surface area is 162 Å². The first kappa shape index (κ1) is 23.1. The van der Waals surface area contributed by atoms with Gasteiger partial charge in [-0.05, 0) is 39.0 Å². The average Bonchev–Trinajstić information content (AvgIpc) is 3.10. The van der Waals surface area contributed by atoms with Crippen LogP contribution >= 0.6 is 0 Å². The van der Waals surface area contributed by atoms with E-state index >= 15 is 0 Å². The molecule has 1 heterocycles. The van der Waals surface area contributed by atoms with E-state index in [0.717, 1.165) is 6.42 Å². The highest BCUT2D eigenvalue weighted by atomic mass is 16.3. The van der Waals surface area contributed by atoms with Gasteiger partial charge in [0.25, 0.3) is 0 Å². The Kier molecular flexibility index (Phi) is 14.4. The number of rotatable bonds is 17. The van der Waals surface area contributed by atoms with Crippen molar-refractivity contribution in [1.82, 2.24) is 10.2 Å². The molecule has 0 aromatic carbocycles. The van der Waals surface area contributed by atoms with Gasteiger partial charge in [0.05, 0.1) is 0 Å². The van der Waals surface area contributed by atoms with Gasteiger partial charge in [-0.15, -0.1) is 0 Å². The van der Waals surface area contributed by atoms with Gasteiger partial charge in [0.1, 0.15) is 12.4 Å². The van der Waals surface area contributed by atoms with Gasteiger partial charge in [-0.3, -0.25) is 0 Å². The molecule has 2 unspecified atom stereocenters. The van der Waals surface area contributed by atoms with Crippen LogP contribution in [0.25, 0.3) is 0 Å². The number of hydrogen-bond acceptors (Lipinski definition) is 3. The second kappa shape index (κ2) is 16.2. The minimum atomic E-state index is -0.400. The van der Waals surface area contributed by atoms with Crippen molar-refractivity contribution < 1.29 is 5.11 Å². The highest BCUT2D eigenvalue weighted by Crippen LogP contribution is 2.16. The zero-order valence-corrected chi connectivity index (χ0v) is 17.5. The molecule has 2 N–H and O–H groups in total. The molecule has 1 rings (SSSR count). The molecule has 1 aliphatic rings. The summed E-state index contributed by atoms with van der Waals surface area (Å²) in [6, 6.07) is 0. The minimum Gasteiger partial charge on any atom is -0.374 e. The number of aliphatic hydroxyl groups excluding tert-OH is 1. The highest BCUT2D eigenvalue weighted by molar-refractivity contribution is 4.94. The highest BCUT2D eigenvalue weighted by Gasteiger charge is 2.20. The van der Waals surface area contributed by atoms with Gasteiger partial charge in [0, 0.05) is 12.4 Å². The predicted octanol–water partition coefficient (Wildman–Crippen LogP) is 6.45. The fourth-order valence-corrected chi connectivity index (χ4v) is 3.62. The third-order valence-electron chi connectivity index (χ3n) is 5.32. The van der Waals surface area contributed by atoms with Crippen LogP contribution in [0.2, 0.25) is 0 Å². The van der Waals surface area contributed by atoms with E-state index in [9.17, 15) is 5.11 Å². The third-order valence-corrected chi connectivity index (χ3v) is 5.32. The van der Waals surface area contributed by atoms with E-state index in [1.807, 2.05) is 24.2 Å². The number of nitrogens with zero attached hydrogens (tertiary/aromatic N) is 1. The molecule has 1 aliphatic heterocycles. The number of hydrogen-bond donors (Lipinski definition) is 2. The van der Waals surface area contributed by atoms with Crippen LogP contribution < -0.4 is 5.32 Å². The standard InChI is InChI=1S/C23H44N2O/c1-3-4-5-6-7-8-9-10-11-12-13-14-15-16-17-18-19-23-24-20-21-25(23)22(2)26/h6-7,20-24,26H,3-5,8-19H2,1-2H3/b7-6+. The van der Waals surface area contributed by atoms with Crippen molar-refractivity contribution in [2.45, 2.75) is 123 Å². The van der Waals surface area contributed by atoms with E-state index in [0.29, 0.717) is 0 Å². The van der Waals surface area contributed by atoms with Crippen LogP contribution in [0.4, 0.5) is 0 Å². The molecular weight excluding hydrogens is 320 g/mol. The Balaban J connectivity index is 1.78. The van der Waals surface area contributed by atoms with Crippen molar-refractivity contribution >= 4 is 0 Å². The van der Waals surface area contributed by atoms with Crippen LogP contribution in [0.15, 0.2) is 24.6 Å². The second-order valence-electron chi connectivity index (χ2n) is 7.80. The summed E-state index contributed by atoms with van der Waals surface area (Å²) in [4.78, 5) is 2.00. The molecule has 0 aromatic rings. The van der Waals surface area contributed by atoms with Crippen molar-refractivity contribution in [3.8, 4) is 0 Å². The van der Waals surface area contributed by atoms with Crippen molar-refractivity contribution in [2.75, 3.05) is 0 Å². The molecular formula is C23H44N2O. The summed E-state index contributed by atoms with van der Waals surface area (Å²) in [6.07, 6.45) is 28.6. The molecule has 0 bridgehead atoms. The number of nitrogens with one attached hydrogen (secondary N) is 1. The lowest BCUT2D eigenvalue weighted by Gasteiger charge is -2.28. The first-order valence-corrected chi connectivity index (χ1v) is 11.3. The minimum absolute atomic E-state index is 0.288. The first-order valence-electron chi connectivity index (χ1n) is 11.3. The summed E-state index contributed by atoms with van der Waals surface area (Å²) >= 11 is 0. The largest absolute Gasteiger partial charge is 0.374 e. The Morgan fingerprint density at radius 2 is 1.42 bits per heavy atom. The van der Waals surface area contributed by atoms with Crippen molar-refractivity contribution in [2.24, 2.45) is 0 Å². The summed E-state index contributed by atoms with van der Waals surface area (Å²) in [5, 5.41) is 13.0. The van der Waals surface area contributed by atoms with Gasteiger partial charge in [0.15, 0.2) is 0 Å². The number of aliphatic hydroxyl groups is 1. The van der Waals surface area contributed by atoms with Gasteiger partial charge in [0.2, 0.25) is 0 Å². The Hall–Kier alpha value is -0.960. The molecule has 0 saturated carbocycles. The third kappa shape index (κ3) is 11.6. The van der Waals surface area contributed by atoms with E-state index in [1.165, 1.54) is 89.9 Å². The zero-order chi connectivity index (χ0) is 18.9. The molecule has 0 aromatic heterocycles. The van der Waals surface area contributed by atoms with Gasteiger partial charge in [-0.1, -0.05) is 83.3 Å². The van der Waals surface area contributed by atoms with Crippen LogP contribution in [-0.2, 0) is 0 Å². The summed E-state index contributed by atoms with van der Waals surface area (Å²) < 4.78 is 0. The van der Waals surface area contributed by atoms with Crippen molar-refractivity contribution in [1.29, 1.82) is 0 Å². The Morgan fingerprint density at radius 1 is 0.885 bits per heavy atom. The van der Waals surface area contributed by atoms with Gasteiger partial charge in [-0.25, -0.2) is 0 Å². The topological polar surface area (TPSA) is 35.5 Å². The molecule has 0 saturated heterocycles. The molecule has 0 radical (unpaired) electrons. The molecule has 0 spiro atoms. The van der Waals surface area contributed by atoms with Crippen LogP contribution in [0, 0.1) is 0 Å². The van der Waals surface area contributed by atoms with Crippen molar-refractivity contribution in [3.05, 3.63) is 24.6 Å². The lowest BCUT2D eigenvalue weighted by molar-refractivity contribution is 0.0254. The lowest BCUT2D eigenvalue weighted by atomic mass is 10.0. The predicted molar refractivity (Wildman–Crippen MR) is 114 cm³/mol. The quantitative estimate of drug-likeness (QED) is 0.230. The smallest absolute Gasteiger partial charge is 0.125 e. The zero-order valence-electron chi connectivity index (χ0n) is 17.5. The molecule has 26 heavy (non-hydrogen) atoms. The fourth-order valence-electron chi connectivity index (χ4n) is 3.62. The fraction of sp³-hybridized carbons (Fsp3) is 0.826. The van der Waals surface area contributed by atoms with Crippen LogP contribution in [0.1, 0.15) is 110 Å². The van der Waals surface area contributed by atoms with E-state index in [1.54, 1.807) is 0 Å². The van der Waals surface area contributed by atoms with E-state index in [4.69, 9.17) is 0 Å². The number of allylic oxidation sites excluding steroid dienone is 2. The summed E-state index contributed by atoms with van der Waals surface area (Å²) in [5.41, 5.74) is 0. The van der Waals surface area contributed by atoms with Crippen LogP contribution in [0.3, 0.4) is 0 Å². The molecule has 0 fully saturated rings. The summed E-state index contributed by atoms with van der Waals surface area (Å²) in [7, 11) is 0. The monoisotopic (exact) mass is 364 g/mol. The first-order chi connectivity index (χ1) is 12.8. The second-order valence-corrected chi connectivity index (χ2v) is 7.80. The maximum atomic E-state index is 9.69. The SMILES string of the molecule is CCCC/C=C/CCCCCCCCCCCCC1NC=CN1C(C)O. The van der Waals surface area contributed by atoms with E-state index in [-0.39, 0.29) is 6.17 Å². The molecule has 3 heteroatoms.